The average Bonchev–Trinajstić information content (AvgIpc) is 2.91. The van der Waals surface area contributed by atoms with Crippen molar-refractivity contribution >= 4 is 17.8 Å². The minimum Gasteiger partial charge on any atom is -0.493 e. The second-order valence-corrected chi connectivity index (χ2v) is 5.68. The molecular weight excluding hydrogens is 314 g/mol. The Kier molecular flexibility index (Phi) is 4.28. The van der Waals surface area contributed by atoms with E-state index in [0.717, 1.165) is 16.0 Å². The van der Waals surface area contributed by atoms with E-state index >= 15 is 0 Å². The smallest absolute Gasteiger partial charge is 0.325 e. The molecule has 3 rings (SSSR count). The van der Waals surface area contributed by atoms with Crippen molar-refractivity contribution in [2.75, 3.05) is 33.9 Å². The molecule has 0 aliphatic carbocycles. The molecule has 1 aromatic carbocycles. The van der Waals surface area contributed by atoms with Gasteiger partial charge in [0.15, 0.2) is 11.5 Å². The van der Waals surface area contributed by atoms with Gasteiger partial charge in [0.25, 0.3) is 5.91 Å². The van der Waals surface area contributed by atoms with Crippen molar-refractivity contribution in [2.45, 2.75) is 13.0 Å². The summed E-state index contributed by atoms with van der Waals surface area (Å²) in [5.74, 6) is 0.646. The van der Waals surface area contributed by atoms with Crippen LogP contribution in [0.2, 0.25) is 0 Å². The van der Waals surface area contributed by atoms with Crippen LogP contribution < -0.4 is 14.8 Å². The summed E-state index contributed by atoms with van der Waals surface area (Å²) in [5.41, 5.74) is 2.08. The number of amides is 4. The Balaban J connectivity index is 1.73. The number of ether oxygens (including phenoxy) is 2. The number of hydrogen-bond acceptors (Lipinski definition) is 5. The minimum atomic E-state index is -0.517. The number of carbonyl (C=O) groups excluding carboxylic acids is 3. The number of carbonyl (C=O) groups is 3. The summed E-state index contributed by atoms with van der Waals surface area (Å²) in [5, 5.41) is 2.41. The number of nitrogens with one attached hydrogen (secondary N) is 1. The maximum atomic E-state index is 12.4. The molecule has 1 saturated heterocycles. The number of hydrogen-bond donors (Lipinski definition) is 1. The highest BCUT2D eigenvalue weighted by atomic mass is 16.5. The third-order valence-corrected chi connectivity index (χ3v) is 4.30. The van der Waals surface area contributed by atoms with Gasteiger partial charge in [-0.25, -0.2) is 4.79 Å². The fourth-order valence-corrected chi connectivity index (χ4v) is 2.95. The Morgan fingerprint density at radius 2 is 1.83 bits per heavy atom. The molecule has 0 saturated carbocycles. The van der Waals surface area contributed by atoms with Crippen molar-refractivity contribution in [3.8, 4) is 11.5 Å². The number of benzene rings is 1. The molecule has 1 N–H and O–H groups in total. The van der Waals surface area contributed by atoms with Gasteiger partial charge in [-0.05, 0) is 29.7 Å². The molecule has 0 atom stereocenters. The van der Waals surface area contributed by atoms with Crippen LogP contribution in [0.5, 0.6) is 11.5 Å². The Hall–Kier alpha value is -2.77. The van der Waals surface area contributed by atoms with Gasteiger partial charge in [-0.2, -0.15) is 0 Å². The van der Waals surface area contributed by atoms with Crippen molar-refractivity contribution in [3.05, 3.63) is 23.3 Å². The summed E-state index contributed by atoms with van der Waals surface area (Å²) in [7, 11) is 3.15. The molecule has 2 heterocycles. The van der Waals surface area contributed by atoms with E-state index in [1.54, 1.807) is 19.1 Å². The van der Waals surface area contributed by atoms with Crippen LogP contribution in [0.25, 0.3) is 0 Å². The first kappa shape index (κ1) is 16.1. The number of nitrogens with zero attached hydrogens (tertiary/aromatic N) is 2. The summed E-state index contributed by atoms with van der Waals surface area (Å²) in [6, 6.07) is 3.27. The lowest BCUT2D eigenvalue weighted by Gasteiger charge is -2.30. The lowest BCUT2D eigenvalue weighted by atomic mass is 9.98. The number of fused-ring (bicyclic) bond motifs is 1. The molecule has 1 aromatic rings. The highest BCUT2D eigenvalue weighted by Crippen LogP contribution is 2.33. The van der Waals surface area contributed by atoms with Crippen LogP contribution >= 0.6 is 0 Å². The van der Waals surface area contributed by atoms with Gasteiger partial charge in [-0.15, -0.1) is 0 Å². The van der Waals surface area contributed by atoms with Gasteiger partial charge in [0.05, 0.1) is 20.8 Å². The molecule has 0 bridgehead atoms. The molecule has 2 aliphatic rings. The lowest BCUT2D eigenvalue weighted by molar-refractivity contribution is -0.137. The van der Waals surface area contributed by atoms with Crippen LogP contribution in [0.4, 0.5) is 4.79 Å². The first-order valence-corrected chi connectivity index (χ1v) is 7.63. The molecule has 0 aromatic heterocycles. The second kappa shape index (κ2) is 6.38. The van der Waals surface area contributed by atoms with Crippen LogP contribution in [0.15, 0.2) is 12.1 Å². The van der Waals surface area contributed by atoms with Crippen molar-refractivity contribution in [1.29, 1.82) is 0 Å². The lowest BCUT2D eigenvalue weighted by Crippen LogP contribution is -2.44. The van der Waals surface area contributed by atoms with Gasteiger partial charge in [0.1, 0.15) is 6.54 Å². The van der Waals surface area contributed by atoms with Crippen LogP contribution in [-0.2, 0) is 22.6 Å². The zero-order valence-corrected chi connectivity index (χ0v) is 13.6. The SMILES string of the molecule is COc1cc2c(cc1OC)CN(C(=O)CN1C(=O)CNC1=O)CC2. The third kappa shape index (κ3) is 2.86. The summed E-state index contributed by atoms with van der Waals surface area (Å²) in [6.07, 6.45) is 0.682. The predicted molar refractivity (Wildman–Crippen MR) is 83.8 cm³/mol. The quantitative estimate of drug-likeness (QED) is 0.792. The monoisotopic (exact) mass is 333 g/mol. The number of methoxy groups -OCH3 is 2. The van der Waals surface area contributed by atoms with E-state index in [9.17, 15) is 14.4 Å². The van der Waals surface area contributed by atoms with Crippen molar-refractivity contribution in [1.82, 2.24) is 15.1 Å². The number of imide groups is 1. The van der Waals surface area contributed by atoms with Gasteiger partial charge in [0, 0.05) is 13.1 Å². The standard InChI is InChI=1S/C16H19N3O5/c1-23-12-5-10-3-4-18(8-11(10)6-13(12)24-2)15(21)9-19-14(20)7-17-16(19)22/h5-6H,3-4,7-9H2,1-2H3,(H,17,22). The van der Waals surface area contributed by atoms with E-state index in [2.05, 4.69) is 5.32 Å². The van der Waals surface area contributed by atoms with E-state index in [1.807, 2.05) is 12.1 Å². The summed E-state index contributed by atoms with van der Waals surface area (Å²) in [4.78, 5) is 38.2. The zero-order chi connectivity index (χ0) is 17.3. The van der Waals surface area contributed by atoms with Crippen LogP contribution in [0.3, 0.4) is 0 Å². The van der Waals surface area contributed by atoms with Crippen molar-refractivity contribution < 1.29 is 23.9 Å². The Morgan fingerprint density at radius 3 is 2.42 bits per heavy atom. The highest BCUT2D eigenvalue weighted by molar-refractivity contribution is 6.04. The van der Waals surface area contributed by atoms with Crippen molar-refractivity contribution in [2.24, 2.45) is 0 Å². The highest BCUT2D eigenvalue weighted by Gasteiger charge is 2.32. The molecule has 0 radical (unpaired) electrons. The van der Waals surface area contributed by atoms with Gasteiger partial charge in [-0.1, -0.05) is 0 Å². The maximum Gasteiger partial charge on any atom is 0.325 e. The van der Waals surface area contributed by atoms with Gasteiger partial charge >= 0.3 is 6.03 Å². The molecule has 4 amide bonds. The fourth-order valence-electron chi connectivity index (χ4n) is 2.95. The summed E-state index contributed by atoms with van der Waals surface area (Å²) >= 11 is 0. The normalized spacial score (nSPS) is 16.8. The van der Waals surface area contributed by atoms with Gasteiger partial charge < -0.3 is 19.7 Å². The Bertz CT molecular complexity index is 687. The second-order valence-electron chi connectivity index (χ2n) is 5.68. The largest absolute Gasteiger partial charge is 0.493 e. The molecule has 0 unspecified atom stereocenters. The Morgan fingerprint density at radius 1 is 1.17 bits per heavy atom. The maximum absolute atomic E-state index is 12.4. The first-order chi connectivity index (χ1) is 11.5. The van der Waals surface area contributed by atoms with Crippen molar-refractivity contribution in [3.63, 3.8) is 0 Å². The molecule has 128 valence electrons. The molecule has 24 heavy (non-hydrogen) atoms. The van der Waals surface area contributed by atoms with E-state index in [0.29, 0.717) is 31.0 Å². The van der Waals surface area contributed by atoms with Gasteiger partial charge in [-0.3, -0.25) is 14.5 Å². The third-order valence-electron chi connectivity index (χ3n) is 4.30. The zero-order valence-electron chi connectivity index (χ0n) is 13.6. The first-order valence-electron chi connectivity index (χ1n) is 7.63. The summed E-state index contributed by atoms with van der Waals surface area (Å²) in [6.45, 7) is 0.669. The molecule has 2 aliphatic heterocycles. The topological polar surface area (TPSA) is 88.2 Å². The van der Waals surface area contributed by atoms with E-state index in [4.69, 9.17) is 9.47 Å². The summed E-state index contributed by atoms with van der Waals surface area (Å²) < 4.78 is 10.6. The molecule has 8 nitrogen and oxygen atoms in total. The molecule has 0 spiro atoms. The molecular formula is C16H19N3O5. The fraction of sp³-hybridized carbons (Fsp3) is 0.438. The Labute approximate surface area is 139 Å². The van der Waals surface area contributed by atoms with E-state index in [-0.39, 0.29) is 24.9 Å². The van der Waals surface area contributed by atoms with E-state index < -0.39 is 6.03 Å². The van der Waals surface area contributed by atoms with Crippen LogP contribution in [0, 0.1) is 0 Å². The number of rotatable bonds is 4. The molecule has 8 heteroatoms. The van der Waals surface area contributed by atoms with E-state index in [1.165, 1.54) is 0 Å². The van der Waals surface area contributed by atoms with Crippen LogP contribution in [-0.4, -0.2) is 61.5 Å². The minimum absolute atomic E-state index is 0.0497. The van der Waals surface area contributed by atoms with Gasteiger partial charge in [0.2, 0.25) is 5.91 Å². The predicted octanol–water partition coefficient (Wildman–Crippen LogP) is 0.140. The van der Waals surface area contributed by atoms with Crippen LogP contribution in [0.1, 0.15) is 11.1 Å². The number of urea groups is 1. The molecule has 1 fully saturated rings. The average molecular weight is 333 g/mol.